The minimum atomic E-state index is -1.90. The maximum absolute atomic E-state index is 11.5. The quantitative estimate of drug-likeness (QED) is 0.363. The van der Waals surface area contributed by atoms with Gasteiger partial charge in [-0.3, -0.25) is 4.79 Å². The molecule has 0 amide bonds. The van der Waals surface area contributed by atoms with Gasteiger partial charge in [-0.2, -0.15) is 0 Å². The first-order chi connectivity index (χ1) is 5.22. The first-order valence-corrected chi connectivity index (χ1v) is 4.11. The molecule has 0 aromatic rings. The Balaban J connectivity index is 0. The Morgan fingerprint density at radius 2 is 1.69 bits per heavy atom. The second kappa shape index (κ2) is 5.16. The summed E-state index contributed by atoms with van der Waals surface area (Å²) >= 11 is 0. The molecule has 1 unspecified atom stereocenters. The van der Waals surface area contributed by atoms with Crippen molar-refractivity contribution >= 4 is 5.78 Å². The summed E-state index contributed by atoms with van der Waals surface area (Å²) in [6, 6.07) is 0. The minimum Gasteiger partial charge on any atom is -0.823 e. The number of carbonyl (C=O) groups is 1. The fraction of sp³-hybridized carbons (Fsp3) is 0.889. The Morgan fingerprint density at radius 3 is 1.92 bits per heavy atom. The average Bonchev–Trinajstić information content (AvgIpc) is 1.84. The number of hydrogen-bond acceptors (Lipinski definition) is 3. The summed E-state index contributed by atoms with van der Waals surface area (Å²) in [6.07, 6.45) is 0. The van der Waals surface area contributed by atoms with Crippen LogP contribution in [-0.4, -0.2) is 18.2 Å². The van der Waals surface area contributed by atoms with Gasteiger partial charge < -0.3 is 9.84 Å². The van der Waals surface area contributed by atoms with Crippen molar-refractivity contribution in [2.75, 3.05) is 6.61 Å². The smallest absolute Gasteiger partial charge is 0.823 e. The molecule has 4 heteroatoms. The van der Waals surface area contributed by atoms with E-state index >= 15 is 0 Å². The van der Waals surface area contributed by atoms with Crippen molar-refractivity contribution in [1.29, 1.82) is 0 Å². The van der Waals surface area contributed by atoms with E-state index in [0.29, 0.717) is 0 Å². The first kappa shape index (κ1) is 15.7. The standard InChI is InChI=1S/C9H17O3.Li/c1-6-12-9(5,11)7(10)8(2,3)4;/h6H2,1-5H3;/q-1;+1. The van der Waals surface area contributed by atoms with Crippen LogP contribution in [0.15, 0.2) is 0 Å². The van der Waals surface area contributed by atoms with Crippen LogP contribution >= 0.6 is 0 Å². The number of carbonyl (C=O) groups excluding carboxylic acids is 1. The van der Waals surface area contributed by atoms with E-state index < -0.39 is 17.0 Å². The molecule has 0 saturated heterocycles. The Labute approximate surface area is 92.0 Å². The molecule has 0 radical (unpaired) electrons. The Bertz CT molecular complexity index is 170. The van der Waals surface area contributed by atoms with Gasteiger partial charge in [-0.1, -0.05) is 20.8 Å². The number of rotatable bonds is 3. The zero-order valence-corrected chi connectivity index (χ0v) is 9.43. The molecule has 13 heavy (non-hydrogen) atoms. The van der Waals surface area contributed by atoms with E-state index in [1.54, 1.807) is 27.7 Å². The van der Waals surface area contributed by atoms with E-state index in [4.69, 9.17) is 4.74 Å². The Kier molecular flexibility index (Phi) is 6.22. The Hall–Kier alpha value is 0.187. The van der Waals surface area contributed by atoms with Gasteiger partial charge in [0, 0.05) is 12.0 Å². The number of ether oxygens (including phenoxy) is 1. The van der Waals surface area contributed by atoms with Gasteiger partial charge in [-0.15, -0.1) is 0 Å². The van der Waals surface area contributed by atoms with Crippen LogP contribution in [0.3, 0.4) is 0 Å². The second-order valence-electron chi connectivity index (χ2n) is 3.96. The molecular weight excluding hydrogens is 163 g/mol. The summed E-state index contributed by atoms with van der Waals surface area (Å²) in [5.41, 5.74) is -0.633. The van der Waals surface area contributed by atoms with E-state index in [1.807, 2.05) is 0 Å². The van der Waals surface area contributed by atoms with Gasteiger partial charge in [0.05, 0.1) is 5.79 Å². The monoisotopic (exact) mass is 180 g/mol. The van der Waals surface area contributed by atoms with E-state index in [1.165, 1.54) is 6.92 Å². The van der Waals surface area contributed by atoms with Gasteiger partial charge in [0.25, 0.3) is 0 Å². The van der Waals surface area contributed by atoms with Crippen LogP contribution in [0.5, 0.6) is 0 Å². The van der Waals surface area contributed by atoms with Crippen LogP contribution in [-0.2, 0) is 9.53 Å². The Morgan fingerprint density at radius 1 is 1.31 bits per heavy atom. The normalized spacial score (nSPS) is 15.8. The van der Waals surface area contributed by atoms with Crippen LogP contribution in [0.2, 0.25) is 0 Å². The van der Waals surface area contributed by atoms with Gasteiger partial charge in [-0.25, -0.2) is 0 Å². The van der Waals surface area contributed by atoms with Crippen molar-refractivity contribution in [2.45, 2.75) is 40.4 Å². The van der Waals surface area contributed by atoms with Crippen molar-refractivity contribution in [1.82, 2.24) is 0 Å². The minimum absolute atomic E-state index is 0. The summed E-state index contributed by atoms with van der Waals surface area (Å²) in [7, 11) is 0. The van der Waals surface area contributed by atoms with Crippen LogP contribution in [0, 0.1) is 5.41 Å². The molecule has 0 N–H and O–H groups in total. The van der Waals surface area contributed by atoms with Crippen molar-refractivity contribution in [2.24, 2.45) is 5.41 Å². The van der Waals surface area contributed by atoms with Crippen LogP contribution in [0.1, 0.15) is 34.6 Å². The van der Waals surface area contributed by atoms with Crippen molar-refractivity contribution in [3.05, 3.63) is 0 Å². The molecule has 0 bridgehead atoms. The molecule has 0 aliphatic heterocycles. The van der Waals surface area contributed by atoms with Crippen molar-refractivity contribution < 1.29 is 33.5 Å². The van der Waals surface area contributed by atoms with E-state index in [0.717, 1.165) is 0 Å². The third-order valence-electron chi connectivity index (χ3n) is 1.51. The third kappa shape index (κ3) is 4.83. The summed E-state index contributed by atoms with van der Waals surface area (Å²) in [5.74, 6) is -2.30. The molecule has 0 aromatic heterocycles. The molecule has 0 aromatic carbocycles. The molecule has 0 spiro atoms. The molecule has 72 valence electrons. The molecule has 0 aliphatic carbocycles. The first-order valence-electron chi connectivity index (χ1n) is 4.11. The van der Waals surface area contributed by atoms with Crippen molar-refractivity contribution in [3.8, 4) is 0 Å². The number of ketones is 1. The predicted molar refractivity (Wildman–Crippen MR) is 44.5 cm³/mol. The number of hydrogen-bond donors (Lipinski definition) is 0. The van der Waals surface area contributed by atoms with E-state index in [-0.39, 0.29) is 25.5 Å². The molecule has 0 saturated carbocycles. The SMILES string of the molecule is CCOC(C)([O-])C(=O)C(C)(C)C.[Li+]. The second-order valence-corrected chi connectivity index (χ2v) is 3.96. The molecule has 3 nitrogen and oxygen atoms in total. The van der Waals surface area contributed by atoms with E-state index in [9.17, 15) is 9.90 Å². The molecule has 0 fully saturated rings. The van der Waals surface area contributed by atoms with Gasteiger partial charge >= 0.3 is 18.9 Å². The van der Waals surface area contributed by atoms with Crippen LogP contribution < -0.4 is 24.0 Å². The topological polar surface area (TPSA) is 49.4 Å². The zero-order valence-electron chi connectivity index (χ0n) is 9.43. The summed E-state index contributed by atoms with van der Waals surface area (Å²) in [5, 5.41) is 11.5. The maximum atomic E-state index is 11.5. The molecule has 0 aliphatic rings. The summed E-state index contributed by atoms with van der Waals surface area (Å²) < 4.78 is 4.81. The fourth-order valence-corrected chi connectivity index (χ4v) is 1.02. The molecular formula is C9H17LiO3. The van der Waals surface area contributed by atoms with Gasteiger partial charge in [0.15, 0.2) is 5.78 Å². The molecule has 0 rings (SSSR count). The van der Waals surface area contributed by atoms with Gasteiger partial charge in [0.2, 0.25) is 0 Å². The largest absolute Gasteiger partial charge is 1.00 e. The van der Waals surface area contributed by atoms with E-state index in [2.05, 4.69) is 0 Å². The molecule has 1 atom stereocenters. The van der Waals surface area contributed by atoms with Crippen molar-refractivity contribution in [3.63, 3.8) is 0 Å². The predicted octanol–water partition coefficient (Wildman–Crippen LogP) is -2.28. The summed E-state index contributed by atoms with van der Waals surface area (Å²) in [4.78, 5) is 11.4. The van der Waals surface area contributed by atoms with Gasteiger partial charge in [0.1, 0.15) is 0 Å². The van der Waals surface area contributed by atoms with Crippen LogP contribution in [0.25, 0.3) is 0 Å². The summed E-state index contributed by atoms with van der Waals surface area (Å²) in [6.45, 7) is 8.37. The average molecular weight is 180 g/mol. The number of Topliss-reactive ketones (excluding diaryl/α,β-unsaturated/α-hetero) is 1. The van der Waals surface area contributed by atoms with Gasteiger partial charge in [-0.05, 0) is 13.8 Å². The maximum Gasteiger partial charge on any atom is 1.00 e. The molecule has 0 heterocycles. The van der Waals surface area contributed by atoms with Crippen LogP contribution in [0.4, 0.5) is 0 Å². The fourth-order valence-electron chi connectivity index (χ4n) is 1.02. The zero-order chi connectivity index (χ0) is 9.99. The third-order valence-corrected chi connectivity index (χ3v) is 1.51.